The Hall–Kier alpha value is -2.14. The van der Waals surface area contributed by atoms with Crippen molar-refractivity contribution in [1.82, 2.24) is 4.90 Å². The van der Waals surface area contributed by atoms with E-state index in [4.69, 9.17) is 4.74 Å². The molecule has 0 aliphatic carbocycles. The Kier molecular flexibility index (Phi) is 6.67. The molecule has 0 unspecified atom stereocenters. The van der Waals surface area contributed by atoms with Crippen LogP contribution in [0, 0.1) is 13.8 Å². The standard InChI is InChI=1S/C22H28N2O2S/c1-17-12-18(2)14-19(13-17)15-27-16-22(25)24-10-8-23(9-11-24)20-4-6-21(26-3)7-5-20/h4-7,12-14H,8-11,15-16H2,1-3H3. The normalized spacial score (nSPS) is 14.3. The lowest BCUT2D eigenvalue weighted by Gasteiger charge is -2.36. The van der Waals surface area contributed by atoms with E-state index in [1.54, 1.807) is 18.9 Å². The highest BCUT2D eigenvalue weighted by Gasteiger charge is 2.21. The molecule has 4 nitrogen and oxygen atoms in total. The van der Waals surface area contributed by atoms with Gasteiger partial charge in [0.25, 0.3) is 0 Å². The first-order valence-electron chi connectivity index (χ1n) is 9.37. The topological polar surface area (TPSA) is 32.8 Å². The van der Waals surface area contributed by atoms with E-state index in [2.05, 4.69) is 49.1 Å². The van der Waals surface area contributed by atoms with Gasteiger partial charge >= 0.3 is 0 Å². The molecule has 1 amide bonds. The number of nitrogens with zero attached hydrogens (tertiary/aromatic N) is 2. The average molecular weight is 385 g/mol. The third kappa shape index (κ3) is 5.42. The summed E-state index contributed by atoms with van der Waals surface area (Å²) in [4.78, 5) is 16.8. The third-order valence-electron chi connectivity index (χ3n) is 4.85. The van der Waals surface area contributed by atoms with Crippen molar-refractivity contribution in [2.45, 2.75) is 19.6 Å². The Morgan fingerprint density at radius 1 is 1.00 bits per heavy atom. The highest BCUT2D eigenvalue weighted by molar-refractivity contribution is 7.99. The summed E-state index contributed by atoms with van der Waals surface area (Å²) < 4.78 is 5.21. The maximum atomic E-state index is 12.5. The number of anilines is 1. The highest BCUT2D eigenvalue weighted by Crippen LogP contribution is 2.21. The molecular formula is C22H28N2O2S. The van der Waals surface area contributed by atoms with Crippen LogP contribution in [0.25, 0.3) is 0 Å². The van der Waals surface area contributed by atoms with Crippen LogP contribution in [-0.2, 0) is 10.5 Å². The average Bonchev–Trinajstić information content (AvgIpc) is 2.67. The van der Waals surface area contributed by atoms with Gasteiger partial charge in [0.05, 0.1) is 12.9 Å². The Bertz CT molecular complexity index is 748. The molecule has 2 aromatic carbocycles. The molecule has 3 rings (SSSR count). The molecule has 27 heavy (non-hydrogen) atoms. The number of methoxy groups -OCH3 is 1. The van der Waals surface area contributed by atoms with Gasteiger partial charge in [0, 0.05) is 37.6 Å². The number of carbonyl (C=O) groups excluding carboxylic acids is 1. The van der Waals surface area contributed by atoms with Crippen LogP contribution in [-0.4, -0.2) is 49.8 Å². The number of hydrogen-bond donors (Lipinski definition) is 0. The molecule has 1 aliphatic rings. The molecule has 2 aromatic rings. The lowest BCUT2D eigenvalue weighted by atomic mass is 10.1. The monoisotopic (exact) mass is 384 g/mol. The summed E-state index contributed by atoms with van der Waals surface area (Å²) in [5, 5.41) is 0. The molecule has 0 atom stereocenters. The Balaban J connectivity index is 1.44. The van der Waals surface area contributed by atoms with Crippen molar-refractivity contribution in [2.24, 2.45) is 0 Å². The van der Waals surface area contributed by atoms with E-state index < -0.39 is 0 Å². The second-order valence-corrected chi connectivity index (χ2v) is 8.04. The van der Waals surface area contributed by atoms with Gasteiger partial charge in [0.2, 0.25) is 5.91 Å². The number of amides is 1. The van der Waals surface area contributed by atoms with Gasteiger partial charge in [-0.15, -0.1) is 11.8 Å². The van der Waals surface area contributed by atoms with Crippen molar-refractivity contribution in [3.63, 3.8) is 0 Å². The summed E-state index contributed by atoms with van der Waals surface area (Å²) >= 11 is 1.71. The number of aryl methyl sites for hydroxylation is 2. The maximum Gasteiger partial charge on any atom is 0.232 e. The van der Waals surface area contributed by atoms with E-state index in [9.17, 15) is 4.79 Å². The SMILES string of the molecule is COc1ccc(N2CCN(C(=O)CSCc3cc(C)cc(C)c3)CC2)cc1. The van der Waals surface area contributed by atoms with Crippen molar-refractivity contribution in [3.05, 3.63) is 59.2 Å². The fourth-order valence-electron chi connectivity index (χ4n) is 3.51. The van der Waals surface area contributed by atoms with Gasteiger partial charge in [-0.25, -0.2) is 0 Å². The molecule has 0 radical (unpaired) electrons. The molecule has 5 heteroatoms. The zero-order valence-corrected chi connectivity index (χ0v) is 17.2. The van der Waals surface area contributed by atoms with Crippen LogP contribution in [0.2, 0.25) is 0 Å². The summed E-state index contributed by atoms with van der Waals surface area (Å²) in [6.45, 7) is 7.56. The van der Waals surface area contributed by atoms with Crippen molar-refractivity contribution < 1.29 is 9.53 Å². The Labute approximate surface area is 166 Å². The first kappa shape index (κ1) is 19.6. The summed E-state index contributed by atoms with van der Waals surface area (Å²) in [5.74, 6) is 2.56. The van der Waals surface area contributed by atoms with Crippen LogP contribution >= 0.6 is 11.8 Å². The largest absolute Gasteiger partial charge is 0.497 e. The van der Waals surface area contributed by atoms with Crippen LogP contribution in [0.3, 0.4) is 0 Å². The molecule has 1 saturated heterocycles. The van der Waals surface area contributed by atoms with Crippen molar-refractivity contribution in [3.8, 4) is 5.75 Å². The van der Waals surface area contributed by atoms with Gasteiger partial charge in [-0.05, 0) is 43.7 Å². The summed E-state index contributed by atoms with van der Waals surface area (Å²) in [5.41, 5.74) is 5.06. The van der Waals surface area contributed by atoms with E-state index in [-0.39, 0.29) is 5.91 Å². The molecule has 1 heterocycles. The number of piperazine rings is 1. The molecular weight excluding hydrogens is 356 g/mol. The Morgan fingerprint density at radius 3 is 2.22 bits per heavy atom. The Morgan fingerprint density at radius 2 is 1.63 bits per heavy atom. The van der Waals surface area contributed by atoms with Crippen molar-refractivity contribution >= 4 is 23.4 Å². The predicted octanol–water partition coefficient (Wildman–Crippen LogP) is 3.89. The fourth-order valence-corrected chi connectivity index (χ4v) is 4.37. The molecule has 0 N–H and O–H groups in total. The van der Waals surface area contributed by atoms with Gasteiger partial charge in [-0.3, -0.25) is 4.79 Å². The zero-order chi connectivity index (χ0) is 19.2. The van der Waals surface area contributed by atoms with Gasteiger partial charge in [-0.2, -0.15) is 0 Å². The highest BCUT2D eigenvalue weighted by atomic mass is 32.2. The van der Waals surface area contributed by atoms with Gasteiger partial charge < -0.3 is 14.5 Å². The maximum absolute atomic E-state index is 12.5. The van der Waals surface area contributed by atoms with E-state index in [0.717, 1.165) is 37.7 Å². The quantitative estimate of drug-likeness (QED) is 0.756. The number of carbonyl (C=O) groups is 1. The van der Waals surface area contributed by atoms with Crippen LogP contribution in [0.1, 0.15) is 16.7 Å². The number of benzene rings is 2. The lowest BCUT2D eigenvalue weighted by Crippen LogP contribution is -2.49. The zero-order valence-electron chi connectivity index (χ0n) is 16.4. The molecule has 0 saturated carbocycles. The number of thioether (sulfide) groups is 1. The minimum absolute atomic E-state index is 0.249. The smallest absolute Gasteiger partial charge is 0.232 e. The minimum atomic E-state index is 0.249. The van der Waals surface area contributed by atoms with E-state index in [1.165, 1.54) is 22.4 Å². The van der Waals surface area contributed by atoms with Crippen LogP contribution < -0.4 is 9.64 Å². The van der Waals surface area contributed by atoms with Crippen LogP contribution in [0.15, 0.2) is 42.5 Å². The van der Waals surface area contributed by atoms with Gasteiger partial charge in [-0.1, -0.05) is 29.3 Å². The molecule has 0 aromatic heterocycles. The number of ether oxygens (including phenoxy) is 1. The van der Waals surface area contributed by atoms with E-state index >= 15 is 0 Å². The number of hydrogen-bond acceptors (Lipinski definition) is 4. The fraction of sp³-hybridized carbons (Fsp3) is 0.409. The van der Waals surface area contributed by atoms with E-state index in [1.807, 2.05) is 17.0 Å². The van der Waals surface area contributed by atoms with Crippen LogP contribution in [0.4, 0.5) is 5.69 Å². The summed E-state index contributed by atoms with van der Waals surface area (Å²) in [7, 11) is 1.68. The number of rotatable bonds is 6. The lowest BCUT2D eigenvalue weighted by molar-refractivity contribution is -0.128. The first-order chi connectivity index (χ1) is 13.0. The molecule has 1 aliphatic heterocycles. The second kappa shape index (κ2) is 9.18. The molecule has 1 fully saturated rings. The van der Waals surface area contributed by atoms with Gasteiger partial charge in [0.1, 0.15) is 5.75 Å². The molecule has 144 valence electrons. The van der Waals surface area contributed by atoms with Gasteiger partial charge in [0.15, 0.2) is 0 Å². The van der Waals surface area contributed by atoms with Crippen molar-refractivity contribution in [2.75, 3.05) is 43.9 Å². The minimum Gasteiger partial charge on any atom is -0.497 e. The molecule has 0 spiro atoms. The van der Waals surface area contributed by atoms with Crippen molar-refractivity contribution in [1.29, 1.82) is 0 Å². The molecule has 0 bridgehead atoms. The summed E-state index contributed by atoms with van der Waals surface area (Å²) in [6, 6.07) is 14.7. The third-order valence-corrected chi connectivity index (χ3v) is 5.83. The second-order valence-electron chi connectivity index (χ2n) is 7.05. The van der Waals surface area contributed by atoms with E-state index in [0.29, 0.717) is 5.75 Å². The van der Waals surface area contributed by atoms with Crippen LogP contribution in [0.5, 0.6) is 5.75 Å². The first-order valence-corrected chi connectivity index (χ1v) is 10.5. The predicted molar refractivity (Wildman–Crippen MR) is 114 cm³/mol. The summed E-state index contributed by atoms with van der Waals surface area (Å²) in [6.07, 6.45) is 0.